The van der Waals surface area contributed by atoms with Crippen LogP contribution in [0.3, 0.4) is 0 Å². The summed E-state index contributed by atoms with van der Waals surface area (Å²) in [5.74, 6) is 1.17. The number of benzene rings is 2. The first kappa shape index (κ1) is 20.5. The Morgan fingerprint density at radius 1 is 1.17 bits per heavy atom. The highest BCUT2D eigenvalue weighted by molar-refractivity contribution is 9.10. The van der Waals surface area contributed by atoms with Crippen molar-refractivity contribution in [2.24, 2.45) is 0 Å². The van der Waals surface area contributed by atoms with Crippen molar-refractivity contribution in [3.05, 3.63) is 64.1 Å². The fraction of sp³-hybridized carbons (Fsp3) is 0.261. The molecule has 1 aliphatic heterocycles. The number of phenolic OH excluding ortho intramolecular Hbond substituents is 1. The number of anilines is 2. The minimum absolute atomic E-state index is 0.0905. The van der Waals surface area contributed by atoms with Crippen LogP contribution in [0.1, 0.15) is 29.9 Å². The van der Waals surface area contributed by atoms with E-state index in [1.165, 1.54) is 0 Å². The monoisotopic (exact) mass is 468 g/mol. The number of ether oxygens (including phenoxy) is 1. The van der Waals surface area contributed by atoms with Crippen molar-refractivity contribution in [1.82, 2.24) is 10.3 Å². The van der Waals surface area contributed by atoms with Crippen molar-refractivity contribution in [3.8, 4) is 22.8 Å². The normalized spacial score (nSPS) is 16.4. The fourth-order valence-electron chi connectivity index (χ4n) is 3.82. The van der Waals surface area contributed by atoms with E-state index in [1.54, 1.807) is 12.1 Å². The number of nitrogens with zero attached hydrogens (tertiary/aromatic N) is 1. The molecule has 0 radical (unpaired) electrons. The van der Waals surface area contributed by atoms with Gasteiger partial charge in [-0.3, -0.25) is 0 Å². The Bertz CT molecular complexity index is 1030. The molecule has 0 spiro atoms. The topological polar surface area (TPSA) is 106 Å². The van der Waals surface area contributed by atoms with Crippen molar-refractivity contribution in [2.45, 2.75) is 25.4 Å². The number of phenols is 1. The Morgan fingerprint density at radius 3 is 2.70 bits per heavy atom. The van der Waals surface area contributed by atoms with E-state index in [1.807, 2.05) is 36.4 Å². The van der Waals surface area contributed by atoms with Gasteiger partial charge in [-0.05, 0) is 66.8 Å². The lowest BCUT2D eigenvalue weighted by Crippen LogP contribution is -2.29. The second kappa shape index (κ2) is 8.93. The van der Waals surface area contributed by atoms with E-state index in [0.29, 0.717) is 29.3 Å². The summed E-state index contributed by atoms with van der Waals surface area (Å²) in [6.45, 7) is 2.23. The van der Waals surface area contributed by atoms with E-state index in [0.717, 1.165) is 41.5 Å². The van der Waals surface area contributed by atoms with Gasteiger partial charge in [-0.15, -0.1) is 0 Å². The van der Waals surface area contributed by atoms with Crippen molar-refractivity contribution in [2.75, 3.05) is 24.6 Å². The highest BCUT2D eigenvalue weighted by Crippen LogP contribution is 2.41. The molecule has 1 aromatic heterocycles. The molecule has 2 aromatic carbocycles. The third kappa shape index (κ3) is 4.37. The number of rotatable bonds is 5. The summed E-state index contributed by atoms with van der Waals surface area (Å²) in [5, 5.41) is 14.0. The van der Waals surface area contributed by atoms with Gasteiger partial charge >= 0.3 is 0 Å². The highest BCUT2D eigenvalue weighted by Gasteiger charge is 2.22. The number of aromatic hydroxyl groups is 1. The number of aromatic nitrogens is 1. The first-order valence-electron chi connectivity index (χ1n) is 9.99. The van der Waals surface area contributed by atoms with Crippen LogP contribution >= 0.6 is 15.9 Å². The van der Waals surface area contributed by atoms with Crippen LogP contribution in [0.15, 0.2) is 53.0 Å². The van der Waals surface area contributed by atoms with E-state index in [-0.39, 0.29) is 17.5 Å². The van der Waals surface area contributed by atoms with Gasteiger partial charge in [-0.1, -0.05) is 34.1 Å². The van der Waals surface area contributed by atoms with Gasteiger partial charge in [0.25, 0.3) is 0 Å². The lowest BCUT2D eigenvalue weighted by Gasteiger charge is -2.25. The van der Waals surface area contributed by atoms with E-state index >= 15 is 0 Å². The van der Waals surface area contributed by atoms with E-state index in [4.69, 9.17) is 16.2 Å². The molecule has 6 N–H and O–H groups in total. The number of pyridine rings is 1. The summed E-state index contributed by atoms with van der Waals surface area (Å²) >= 11 is 3.44. The standard InChI is InChI=1S/C23H25BrN4O2/c24-16-8-6-14(7-9-16)13-30-20-5-1-4-19(29)21(20)18-11-17(22(25)23(26)28-18)15-3-2-10-27-12-15/h1,4-9,11,15,27,29H,2-3,10,12-13,25H2,(H2,26,28). The van der Waals surface area contributed by atoms with Gasteiger partial charge < -0.3 is 26.6 Å². The first-order chi connectivity index (χ1) is 14.5. The maximum atomic E-state index is 10.6. The van der Waals surface area contributed by atoms with E-state index in [9.17, 15) is 5.11 Å². The second-order valence-electron chi connectivity index (χ2n) is 7.50. The Hall–Kier alpha value is -2.77. The summed E-state index contributed by atoms with van der Waals surface area (Å²) in [7, 11) is 0. The number of hydrogen-bond donors (Lipinski definition) is 4. The molecule has 1 unspecified atom stereocenters. The Kier molecular flexibility index (Phi) is 6.11. The molecule has 4 rings (SSSR count). The maximum absolute atomic E-state index is 10.6. The average molecular weight is 469 g/mol. The van der Waals surface area contributed by atoms with Crippen molar-refractivity contribution in [3.63, 3.8) is 0 Å². The molecule has 156 valence electrons. The Morgan fingerprint density at radius 2 is 1.97 bits per heavy atom. The van der Waals surface area contributed by atoms with Crippen LogP contribution in [0.25, 0.3) is 11.3 Å². The van der Waals surface area contributed by atoms with Crippen LogP contribution in [-0.2, 0) is 6.61 Å². The summed E-state index contributed by atoms with van der Waals surface area (Å²) in [6, 6.07) is 15.0. The third-order valence-electron chi connectivity index (χ3n) is 5.42. The fourth-order valence-corrected chi connectivity index (χ4v) is 4.08. The van der Waals surface area contributed by atoms with Crippen molar-refractivity contribution >= 4 is 27.4 Å². The van der Waals surface area contributed by atoms with Crippen LogP contribution in [0.5, 0.6) is 11.5 Å². The number of piperidine rings is 1. The highest BCUT2D eigenvalue weighted by atomic mass is 79.9. The van der Waals surface area contributed by atoms with Crippen LogP contribution < -0.4 is 21.5 Å². The summed E-state index contributed by atoms with van der Waals surface area (Å²) in [5.41, 5.74) is 16.0. The van der Waals surface area contributed by atoms with Gasteiger partial charge in [0.05, 0.1) is 16.9 Å². The molecule has 1 atom stereocenters. The summed E-state index contributed by atoms with van der Waals surface area (Å²) < 4.78 is 7.06. The van der Waals surface area contributed by atoms with E-state index < -0.39 is 0 Å². The first-order valence-corrected chi connectivity index (χ1v) is 10.8. The molecule has 7 heteroatoms. The molecule has 3 aromatic rings. The Balaban J connectivity index is 1.69. The SMILES string of the molecule is Nc1nc(-c2c(O)cccc2OCc2ccc(Br)cc2)cc(C2CCCNC2)c1N. The lowest BCUT2D eigenvalue weighted by atomic mass is 9.89. The molecule has 30 heavy (non-hydrogen) atoms. The van der Waals surface area contributed by atoms with Crippen LogP contribution in [-0.4, -0.2) is 23.2 Å². The number of nitrogens with two attached hydrogens (primary N) is 2. The molecule has 1 saturated heterocycles. The number of hydrogen-bond acceptors (Lipinski definition) is 6. The molecule has 0 aliphatic carbocycles. The zero-order valence-corrected chi connectivity index (χ0v) is 18.2. The predicted octanol–water partition coefficient (Wildman–Crippen LogP) is 4.43. The molecule has 0 amide bonds. The molecule has 0 saturated carbocycles. The molecular weight excluding hydrogens is 444 g/mol. The molecule has 0 bridgehead atoms. The minimum atomic E-state index is 0.0905. The van der Waals surface area contributed by atoms with Crippen LogP contribution in [0.2, 0.25) is 0 Å². The summed E-state index contributed by atoms with van der Waals surface area (Å²) in [6.07, 6.45) is 2.12. The molecule has 1 aliphatic rings. The quantitative estimate of drug-likeness (QED) is 0.441. The number of nitrogens with one attached hydrogen (secondary N) is 1. The van der Waals surface area contributed by atoms with Gasteiger partial charge in [-0.25, -0.2) is 4.98 Å². The van der Waals surface area contributed by atoms with Crippen LogP contribution in [0, 0.1) is 0 Å². The van der Waals surface area contributed by atoms with Gasteiger partial charge in [0, 0.05) is 11.0 Å². The number of nitrogen functional groups attached to an aromatic ring is 2. The zero-order chi connectivity index (χ0) is 21.1. The van der Waals surface area contributed by atoms with Gasteiger partial charge in [0.1, 0.15) is 23.9 Å². The van der Waals surface area contributed by atoms with Gasteiger partial charge in [0.15, 0.2) is 0 Å². The third-order valence-corrected chi connectivity index (χ3v) is 5.95. The maximum Gasteiger partial charge on any atom is 0.147 e. The van der Waals surface area contributed by atoms with Crippen LogP contribution in [0.4, 0.5) is 11.5 Å². The van der Waals surface area contributed by atoms with E-state index in [2.05, 4.69) is 26.2 Å². The van der Waals surface area contributed by atoms with Crippen molar-refractivity contribution in [1.29, 1.82) is 0 Å². The average Bonchev–Trinajstić information content (AvgIpc) is 2.76. The number of halogens is 1. The molecular formula is C23H25BrN4O2. The smallest absolute Gasteiger partial charge is 0.147 e. The molecule has 2 heterocycles. The lowest BCUT2D eigenvalue weighted by molar-refractivity contribution is 0.306. The predicted molar refractivity (Wildman–Crippen MR) is 123 cm³/mol. The minimum Gasteiger partial charge on any atom is -0.507 e. The second-order valence-corrected chi connectivity index (χ2v) is 8.42. The molecule has 1 fully saturated rings. The Labute approximate surface area is 184 Å². The van der Waals surface area contributed by atoms with Gasteiger partial charge in [0.2, 0.25) is 0 Å². The summed E-state index contributed by atoms with van der Waals surface area (Å²) in [4.78, 5) is 4.47. The largest absolute Gasteiger partial charge is 0.507 e. The van der Waals surface area contributed by atoms with Gasteiger partial charge in [-0.2, -0.15) is 0 Å². The van der Waals surface area contributed by atoms with Crippen molar-refractivity contribution < 1.29 is 9.84 Å². The zero-order valence-electron chi connectivity index (χ0n) is 16.6. The molecule has 6 nitrogen and oxygen atoms in total.